The number of hydrogen-bond acceptors (Lipinski definition) is 4. The van der Waals surface area contributed by atoms with E-state index in [1.807, 2.05) is 0 Å². The maximum absolute atomic E-state index is 12.5. The Labute approximate surface area is 158 Å². The summed E-state index contributed by atoms with van der Waals surface area (Å²) in [4.78, 5) is 12.3. The highest BCUT2D eigenvalue weighted by Crippen LogP contribution is 2.22. The van der Waals surface area contributed by atoms with Crippen LogP contribution in [0.3, 0.4) is 0 Å². The van der Waals surface area contributed by atoms with Gasteiger partial charge in [-0.3, -0.25) is 4.79 Å². The standard InChI is InChI=1S/C18H20ClN3O3S/c19-14-3-5-15(6-4-14)20-13-18(23)21-16-7-9-17(10-8-16)26(24,25)22-11-1-2-12-22/h3-10,20H,1-2,11-13H2,(H,21,23). The summed E-state index contributed by atoms with van der Waals surface area (Å²) >= 11 is 5.82. The van der Waals surface area contributed by atoms with E-state index in [0.717, 1.165) is 18.5 Å². The molecule has 2 aromatic carbocycles. The molecule has 0 radical (unpaired) electrons. The average molecular weight is 394 g/mol. The Morgan fingerprint density at radius 1 is 0.962 bits per heavy atom. The van der Waals surface area contributed by atoms with Crippen molar-refractivity contribution in [2.24, 2.45) is 0 Å². The summed E-state index contributed by atoms with van der Waals surface area (Å²) in [6, 6.07) is 13.3. The molecule has 1 amide bonds. The molecule has 3 rings (SSSR count). The fourth-order valence-corrected chi connectivity index (χ4v) is 4.39. The molecular weight excluding hydrogens is 374 g/mol. The lowest BCUT2D eigenvalue weighted by Crippen LogP contribution is -2.27. The molecule has 0 spiro atoms. The number of halogens is 1. The van der Waals surface area contributed by atoms with Gasteiger partial charge in [0.15, 0.2) is 0 Å². The van der Waals surface area contributed by atoms with Crippen molar-refractivity contribution in [2.45, 2.75) is 17.7 Å². The van der Waals surface area contributed by atoms with Gasteiger partial charge in [0.25, 0.3) is 0 Å². The van der Waals surface area contributed by atoms with E-state index in [4.69, 9.17) is 11.6 Å². The van der Waals surface area contributed by atoms with Crippen LogP contribution in [-0.2, 0) is 14.8 Å². The van der Waals surface area contributed by atoms with Gasteiger partial charge in [0, 0.05) is 29.5 Å². The van der Waals surface area contributed by atoms with Gasteiger partial charge in [0.05, 0.1) is 11.4 Å². The molecule has 0 aliphatic carbocycles. The molecule has 0 saturated carbocycles. The summed E-state index contributed by atoms with van der Waals surface area (Å²) in [5.41, 5.74) is 1.34. The lowest BCUT2D eigenvalue weighted by atomic mass is 10.3. The van der Waals surface area contributed by atoms with Gasteiger partial charge in [-0.15, -0.1) is 0 Å². The normalized spacial score (nSPS) is 15.0. The number of nitrogens with one attached hydrogen (secondary N) is 2. The topological polar surface area (TPSA) is 78.5 Å². The van der Waals surface area contributed by atoms with Crippen LogP contribution in [0.1, 0.15) is 12.8 Å². The summed E-state index contributed by atoms with van der Waals surface area (Å²) in [5, 5.41) is 6.36. The van der Waals surface area contributed by atoms with Gasteiger partial charge >= 0.3 is 0 Å². The third kappa shape index (κ3) is 4.55. The summed E-state index contributed by atoms with van der Waals surface area (Å²) < 4.78 is 26.4. The molecule has 2 N–H and O–H groups in total. The monoisotopic (exact) mass is 393 g/mol. The molecule has 1 fully saturated rings. The number of rotatable bonds is 6. The Hall–Kier alpha value is -2.09. The van der Waals surface area contributed by atoms with E-state index in [0.29, 0.717) is 23.8 Å². The lowest BCUT2D eigenvalue weighted by Gasteiger charge is -2.15. The molecule has 8 heteroatoms. The Kier molecular flexibility index (Phi) is 5.80. The molecule has 1 heterocycles. The molecule has 0 aromatic heterocycles. The van der Waals surface area contributed by atoms with Gasteiger partial charge in [-0.05, 0) is 61.4 Å². The van der Waals surface area contributed by atoms with Crippen molar-refractivity contribution in [3.05, 3.63) is 53.6 Å². The maximum atomic E-state index is 12.5. The molecule has 138 valence electrons. The minimum Gasteiger partial charge on any atom is -0.376 e. The van der Waals surface area contributed by atoms with Crippen molar-refractivity contribution in [3.8, 4) is 0 Å². The first-order valence-corrected chi connectivity index (χ1v) is 10.2. The summed E-state index contributed by atoms with van der Waals surface area (Å²) in [5.74, 6) is -0.227. The fraction of sp³-hybridized carbons (Fsp3) is 0.278. The van der Waals surface area contributed by atoms with Crippen molar-refractivity contribution >= 4 is 38.9 Å². The number of hydrogen-bond donors (Lipinski definition) is 2. The second kappa shape index (κ2) is 8.07. The Morgan fingerprint density at radius 2 is 1.54 bits per heavy atom. The summed E-state index contributed by atoms with van der Waals surface area (Å²) in [6.45, 7) is 1.23. The third-order valence-corrected chi connectivity index (χ3v) is 6.30. The molecular formula is C18H20ClN3O3S. The van der Waals surface area contributed by atoms with Crippen molar-refractivity contribution < 1.29 is 13.2 Å². The van der Waals surface area contributed by atoms with Crippen LogP contribution >= 0.6 is 11.6 Å². The van der Waals surface area contributed by atoms with Crippen molar-refractivity contribution in [1.82, 2.24) is 4.31 Å². The quantitative estimate of drug-likeness (QED) is 0.790. The van der Waals surface area contributed by atoms with Crippen LogP contribution < -0.4 is 10.6 Å². The maximum Gasteiger partial charge on any atom is 0.243 e. The number of anilines is 2. The van der Waals surface area contributed by atoms with E-state index in [-0.39, 0.29) is 17.3 Å². The molecule has 1 saturated heterocycles. The van der Waals surface area contributed by atoms with Crippen molar-refractivity contribution in [3.63, 3.8) is 0 Å². The molecule has 26 heavy (non-hydrogen) atoms. The van der Waals surface area contributed by atoms with Gasteiger partial charge in [0.2, 0.25) is 15.9 Å². The van der Waals surface area contributed by atoms with Crippen molar-refractivity contribution in [2.75, 3.05) is 30.3 Å². The number of carbonyl (C=O) groups excluding carboxylic acids is 1. The molecule has 0 unspecified atom stereocenters. The van der Waals surface area contributed by atoms with Gasteiger partial charge in [0.1, 0.15) is 0 Å². The van der Waals surface area contributed by atoms with E-state index < -0.39 is 10.0 Å². The zero-order valence-electron chi connectivity index (χ0n) is 14.1. The molecule has 1 aliphatic rings. The van der Waals surface area contributed by atoms with Gasteiger partial charge < -0.3 is 10.6 Å². The molecule has 0 atom stereocenters. The zero-order valence-corrected chi connectivity index (χ0v) is 15.7. The minimum absolute atomic E-state index is 0.0927. The minimum atomic E-state index is -3.44. The SMILES string of the molecule is O=C(CNc1ccc(Cl)cc1)Nc1ccc(S(=O)(=O)N2CCCC2)cc1. The summed E-state index contributed by atoms with van der Waals surface area (Å²) in [6.07, 6.45) is 1.79. The summed E-state index contributed by atoms with van der Waals surface area (Å²) in [7, 11) is -3.44. The Balaban J connectivity index is 1.56. The number of amides is 1. The largest absolute Gasteiger partial charge is 0.376 e. The van der Waals surface area contributed by atoms with Crippen LogP contribution in [0.15, 0.2) is 53.4 Å². The highest BCUT2D eigenvalue weighted by molar-refractivity contribution is 7.89. The van der Waals surface area contributed by atoms with Crippen LogP contribution in [0.25, 0.3) is 0 Å². The second-order valence-electron chi connectivity index (χ2n) is 6.04. The van der Waals surface area contributed by atoms with Crippen LogP contribution in [0.5, 0.6) is 0 Å². The van der Waals surface area contributed by atoms with E-state index in [1.165, 1.54) is 16.4 Å². The first kappa shape index (κ1) is 18.7. The third-order valence-electron chi connectivity index (χ3n) is 4.14. The highest BCUT2D eigenvalue weighted by Gasteiger charge is 2.26. The predicted octanol–water partition coefficient (Wildman–Crippen LogP) is 3.18. The number of carbonyl (C=O) groups is 1. The molecule has 6 nitrogen and oxygen atoms in total. The van der Waals surface area contributed by atoms with Gasteiger partial charge in [-0.1, -0.05) is 11.6 Å². The van der Waals surface area contributed by atoms with E-state index in [9.17, 15) is 13.2 Å². The van der Waals surface area contributed by atoms with E-state index in [2.05, 4.69) is 10.6 Å². The van der Waals surface area contributed by atoms with E-state index in [1.54, 1.807) is 36.4 Å². The smallest absolute Gasteiger partial charge is 0.243 e. The Bertz CT molecular complexity index is 862. The molecule has 2 aromatic rings. The first-order valence-electron chi connectivity index (χ1n) is 8.35. The second-order valence-corrected chi connectivity index (χ2v) is 8.42. The van der Waals surface area contributed by atoms with Crippen LogP contribution in [0.2, 0.25) is 5.02 Å². The van der Waals surface area contributed by atoms with Crippen LogP contribution in [0, 0.1) is 0 Å². The van der Waals surface area contributed by atoms with Crippen molar-refractivity contribution in [1.29, 1.82) is 0 Å². The molecule has 1 aliphatic heterocycles. The van der Waals surface area contributed by atoms with E-state index >= 15 is 0 Å². The Morgan fingerprint density at radius 3 is 2.15 bits per heavy atom. The number of sulfonamides is 1. The highest BCUT2D eigenvalue weighted by atomic mass is 35.5. The van der Waals surface area contributed by atoms with Crippen LogP contribution in [-0.4, -0.2) is 38.3 Å². The first-order chi connectivity index (χ1) is 12.4. The number of benzene rings is 2. The molecule has 0 bridgehead atoms. The fourth-order valence-electron chi connectivity index (χ4n) is 2.74. The average Bonchev–Trinajstić information content (AvgIpc) is 3.17. The zero-order chi connectivity index (χ0) is 18.6. The number of nitrogens with zero attached hydrogens (tertiary/aromatic N) is 1. The lowest BCUT2D eigenvalue weighted by molar-refractivity contribution is -0.114. The van der Waals surface area contributed by atoms with Gasteiger partial charge in [-0.2, -0.15) is 4.31 Å². The predicted molar refractivity (Wildman–Crippen MR) is 103 cm³/mol. The van der Waals surface area contributed by atoms with Crippen LogP contribution in [0.4, 0.5) is 11.4 Å². The van der Waals surface area contributed by atoms with Gasteiger partial charge in [-0.25, -0.2) is 8.42 Å².